The zero-order valence-electron chi connectivity index (χ0n) is 12.2. The molecular formula is C16H26O3. The van der Waals surface area contributed by atoms with Crippen LogP contribution < -0.4 is 5.43 Å². The van der Waals surface area contributed by atoms with Gasteiger partial charge >= 0.3 is 0 Å². The summed E-state index contributed by atoms with van der Waals surface area (Å²) in [5.41, 5.74) is -0.172. The molecule has 0 aliphatic rings. The Morgan fingerprint density at radius 1 is 1.05 bits per heavy atom. The molecule has 0 aliphatic heterocycles. The van der Waals surface area contributed by atoms with Gasteiger partial charge in [0.1, 0.15) is 5.76 Å². The first kappa shape index (κ1) is 15.8. The SMILES string of the molecule is CCCCCC(CCCCC)c1cc(=O)cc(O)o1. The zero-order chi connectivity index (χ0) is 14.1. The lowest BCUT2D eigenvalue weighted by Crippen LogP contribution is -2.05. The third kappa shape index (κ3) is 5.95. The van der Waals surface area contributed by atoms with Gasteiger partial charge in [-0.3, -0.25) is 4.79 Å². The number of hydrogen-bond acceptors (Lipinski definition) is 3. The van der Waals surface area contributed by atoms with Crippen LogP contribution in [-0.2, 0) is 0 Å². The third-order valence-electron chi connectivity index (χ3n) is 3.49. The highest BCUT2D eigenvalue weighted by molar-refractivity contribution is 5.12. The van der Waals surface area contributed by atoms with Crippen molar-refractivity contribution < 1.29 is 9.52 Å². The van der Waals surface area contributed by atoms with E-state index in [0.717, 1.165) is 31.7 Å². The van der Waals surface area contributed by atoms with Gasteiger partial charge < -0.3 is 9.52 Å². The fourth-order valence-electron chi connectivity index (χ4n) is 2.39. The first-order chi connectivity index (χ1) is 9.17. The molecule has 0 aliphatic carbocycles. The lowest BCUT2D eigenvalue weighted by Gasteiger charge is -2.15. The molecule has 19 heavy (non-hydrogen) atoms. The molecule has 0 fully saturated rings. The highest BCUT2D eigenvalue weighted by Crippen LogP contribution is 2.29. The summed E-state index contributed by atoms with van der Waals surface area (Å²) in [6.07, 6.45) is 9.13. The van der Waals surface area contributed by atoms with Crippen molar-refractivity contribution in [3.63, 3.8) is 0 Å². The highest BCUT2D eigenvalue weighted by atomic mass is 16.5. The van der Waals surface area contributed by atoms with Gasteiger partial charge in [0, 0.05) is 12.0 Å². The van der Waals surface area contributed by atoms with Gasteiger partial charge in [0.15, 0.2) is 5.43 Å². The minimum Gasteiger partial charge on any atom is -0.481 e. The van der Waals surface area contributed by atoms with E-state index in [9.17, 15) is 9.90 Å². The van der Waals surface area contributed by atoms with E-state index in [0.29, 0.717) is 5.76 Å². The summed E-state index contributed by atoms with van der Waals surface area (Å²) < 4.78 is 5.34. The number of unbranched alkanes of at least 4 members (excludes halogenated alkanes) is 4. The Balaban J connectivity index is 2.72. The molecule has 0 aromatic carbocycles. The smallest absolute Gasteiger partial charge is 0.285 e. The predicted octanol–water partition coefficient (Wildman–Crippen LogP) is 4.59. The molecule has 0 unspecified atom stereocenters. The Morgan fingerprint density at radius 3 is 2.11 bits per heavy atom. The van der Waals surface area contributed by atoms with Gasteiger partial charge in [-0.2, -0.15) is 0 Å². The summed E-state index contributed by atoms with van der Waals surface area (Å²) in [7, 11) is 0. The van der Waals surface area contributed by atoms with Gasteiger partial charge in [-0.1, -0.05) is 52.4 Å². The second-order valence-electron chi connectivity index (χ2n) is 5.22. The number of hydrogen-bond donors (Lipinski definition) is 1. The van der Waals surface area contributed by atoms with Gasteiger partial charge in [-0.05, 0) is 12.8 Å². The van der Waals surface area contributed by atoms with Gasteiger partial charge in [-0.25, -0.2) is 0 Å². The van der Waals surface area contributed by atoms with Gasteiger partial charge in [0.2, 0.25) is 0 Å². The van der Waals surface area contributed by atoms with Crippen LogP contribution in [0.5, 0.6) is 5.95 Å². The minimum atomic E-state index is -0.265. The van der Waals surface area contributed by atoms with E-state index < -0.39 is 0 Å². The average molecular weight is 266 g/mol. The Morgan fingerprint density at radius 2 is 1.63 bits per heavy atom. The predicted molar refractivity (Wildman–Crippen MR) is 77.7 cm³/mol. The van der Waals surface area contributed by atoms with Crippen molar-refractivity contribution in [3.8, 4) is 5.95 Å². The molecule has 1 N–H and O–H groups in total. The lowest BCUT2D eigenvalue weighted by molar-refractivity contribution is 0.288. The fourth-order valence-corrected chi connectivity index (χ4v) is 2.39. The molecule has 0 spiro atoms. The standard InChI is InChI=1S/C16H26O3/c1-3-5-7-9-13(10-8-6-4-2)15-11-14(17)12-16(18)19-15/h11-13,18H,3-10H2,1-2H3. The maximum atomic E-state index is 11.5. The Bertz CT molecular complexity index is 399. The molecule has 0 saturated heterocycles. The molecule has 1 aromatic heterocycles. The fraction of sp³-hybridized carbons (Fsp3) is 0.688. The van der Waals surface area contributed by atoms with Crippen LogP contribution in [0.15, 0.2) is 21.3 Å². The molecule has 108 valence electrons. The first-order valence-electron chi connectivity index (χ1n) is 7.51. The molecule has 0 radical (unpaired) electrons. The second-order valence-corrected chi connectivity index (χ2v) is 5.22. The maximum absolute atomic E-state index is 11.5. The summed E-state index contributed by atoms with van der Waals surface area (Å²) in [5, 5.41) is 9.42. The normalized spacial score (nSPS) is 11.1. The van der Waals surface area contributed by atoms with Crippen LogP contribution in [0, 0.1) is 0 Å². The van der Waals surface area contributed by atoms with E-state index in [-0.39, 0.29) is 17.3 Å². The van der Waals surface area contributed by atoms with Crippen molar-refractivity contribution in [1.82, 2.24) is 0 Å². The topological polar surface area (TPSA) is 50.4 Å². The van der Waals surface area contributed by atoms with Crippen LogP contribution in [-0.4, -0.2) is 5.11 Å². The summed E-state index contributed by atoms with van der Waals surface area (Å²) in [6.45, 7) is 4.36. The van der Waals surface area contributed by atoms with Crippen molar-refractivity contribution in [3.05, 3.63) is 28.1 Å². The molecule has 0 bridgehead atoms. The quantitative estimate of drug-likeness (QED) is 0.665. The summed E-state index contributed by atoms with van der Waals surface area (Å²) in [6, 6.07) is 2.65. The molecule has 1 aromatic rings. The Labute approximate surface area is 115 Å². The second kappa shape index (κ2) is 8.78. The summed E-state index contributed by atoms with van der Waals surface area (Å²) in [4.78, 5) is 11.5. The number of rotatable bonds is 9. The van der Waals surface area contributed by atoms with Crippen molar-refractivity contribution in [2.45, 2.75) is 71.1 Å². The molecule has 1 heterocycles. The summed E-state index contributed by atoms with van der Waals surface area (Å²) >= 11 is 0. The molecular weight excluding hydrogens is 240 g/mol. The van der Waals surface area contributed by atoms with Crippen molar-refractivity contribution >= 4 is 0 Å². The van der Waals surface area contributed by atoms with Crippen LogP contribution >= 0.6 is 0 Å². The monoisotopic (exact) mass is 266 g/mol. The zero-order valence-corrected chi connectivity index (χ0v) is 12.2. The first-order valence-corrected chi connectivity index (χ1v) is 7.51. The van der Waals surface area contributed by atoms with Gasteiger partial charge in [0.05, 0.1) is 6.07 Å². The van der Waals surface area contributed by atoms with Crippen molar-refractivity contribution in [2.24, 2.45) is 0 Å². The van der Waals surface area contributed by atoms with Crippen LogP contribution in [0.3, 0.4) is 0 Å². The minimum absolute atomic E-state index is 0.172. The van der Waals surface area contributed by atoms with Crippen LogP contribution in [0.2, 0.25) is 0 Å². The molecule has 3 heteroatoms. The van der Waals surface area contributed by atoms with Crippen molar-refractivity contribution in [2.75, 3.05) is 0 Å². The van der Waals surface area contributed by atoms with Gasteiger partial charge in [-0.15, -0.1) is 0 Å². The molecule has 0 atom stereocenters. The van der Waals surface area contributed by atoms with E-state index in [2.05, 4.69) is 13.8 Å². The van der Waals surface area contributed by atoms with E-state index in [1.807, 2.05) is 0 Å². The summed E-state index contributed by atoms with van der Waals surface area (Å²) in [5.74, 6) is 0.647. The van der Waals surface area contributed by atoms with E-state index >= 15 is 0 Å². The Hall–Kier alpha value is -1.25. The lowest BCUT2D eigenvalue weighted by atomic mass is 9.92. The van der Waals surface area contributed by atoms with Crippen LogP contribution in [0.4, 0.5) is 0 Å². The molecule has 0 saturated carbocycles. The highest BCUT2D eigenvalue weighted by Gasteiger charge is 2.15. The molecule has 3 nitrogen and oxygen atoms in total. The van der Waals surface area contributed by atoms with Crippen LogP contribution in [0.25, 0.3) is 0 Å². The maximum Gasteiger partial charge on any atom is 0.285 e. The molecule has 1 rings (SSSR count). The van der Waals surface area contributed by atoms with E-state index in [4.69, 9.17) is 4.42 Å². The van der Waals surface area contributed by atoms with E-state index in [1.165, 1.54) is 31.7 Å². The van der Waals surface area contributed by atoms with Crippen molar-refractivity contribution in [1.29, 1.82) is 0 Å². The van der Waals surface area contributed by atoms with E-state index in [1.54, 1.807) is 0 Å². The average Bonchev–Trinajstić information content (AvgIpc) is 2.36. The largest absolute Gasteiger partial charge is 0.481 e. The third-order valence-corrected chi connectivity index (χ3v) is 3.49. The number of aromatic hydroxyl groups is 1. The van der Waals surface area contributed by atoms with Crippen LogP contribution in [0.1, 0.15) is 76.9 Å². The molecule has 0 amide bonds. The van der Waals surface area contributed by atoms with Gasteiger partial charge in [0.25, 0.3) is 5.95 Å². The Kier molecular flexibility index (Phi) is 7.31.